The number of amides is 3. The monoisotopic (exact) mass is 372 g/mol. The molecule has 0 fully saturated rings. The van der Waals surface area contributed by atoms with Crippen molar-refractivity contribution >= 4 is 17.7 Å². The lowest BCUT2D eigenvalue weighted by atomic mass is 10.2. The van der Waals surface area contributed by atoms with Gasteiger partial charge in [0, 0.05) is 31.0 Å². The molecule has 0 radical (unpaired) electrons. The summed E-state index contributed by atoms with van der Waals surface area (Å²) in [5, 5.41) is 2.45. The summed E-state index contributed by atoms with van der Waals surface area (Å²) in [6.07, 6.45) is 0. The number of carbonyl (C=O) groups excluding carboxylic acids is 3. The lowest BCUT2D eigenvalue weighted by molar-refractivity contribution is -0.136. The van der Waals surface area contributed by atoms with Gasteiger partial charge < -0.3 is 15.0 Å². The van der Waals surface area contributed by atoms with Crippen molar-refractivity contribution in [3.8, 4) is 5.75 Å². The van der Waals surface area contributed by atoms with Crippen LogP contribution in [0.25, 0.3) is 0 Å². The van der Waals surface area contributed by atoms with Crippen molar-refractivity contribution < 1.29 is 19.1 Å². The van der Waals surface area contributed by atoms with Crippen molar-refractivity contribution in [1.82, 2.24) is 14.9 Å². The molecule has 2 aromatic rings. The number of nitrogens with zero attached hydrogens (tertiary/aromatic N) is 2. The number of aromatic nitrogens is 1. The van der Waals surface area contributed by atoms with E-state index in [-0.39, 0.29) is 30.9 Å². The van der Waals surface area contributed by atoms with Crippen LogP contribution >= 0.6 is 0 Å². The van der Waals surface area contributed by atoms with Gasteiger partial charge in [0.25, 0.3) is 11.8 Å². The molecule has 0 spiro atoms. The Balaban J connectivity index is 1.90. The van der Waals surface area contributed by atoms with Crippen LogP contribution in [0.2, 0.25) is 0 Å². The van der Waals surface area contributed by atoms with Crippen molar-refractivity contribution in [3.05, 3.63) is 53.3 Å². The topological polar surface area (TPSA) is 92.7 Å². The molecular weight excluding hydrogens is 348 g/mol. The molecule has 2 N–H and O–H groups in total. The molecule has 0 atom stereocenters. The SMILES string of the molecule is CNC(=O)CN(C)C(=O)COc1ccc(C(=O)Nn2c(C)ccc2C)cc1. The second-order valence-corrected chi connectivity index (χ2v) is 6.13. The van der Waals surface area contributed by atoms with Gasteiger partial charge in [-0.1, -0.05) is 0 Å². The van der Waals surface area contributed by atoms with Crippen LogP contribution in [0.3, 0.4) is 0 Å². The molecule has 0 aliphatic rings. The standard InChI is InChI=1S/C19H24N4O4/c1-13-5-6-14(2)23(13)21-19(26)15-7-9-16(10-8-15)27-12-18(25)22(4)11-17(24)20-3/h5-10H,11-12H2,1-4H3,(H,20,24)(H,21,26). The molecule has 1 heterocycles. The van der Waals surface area contributed by atoms with Gasteiger partial charge in [0.15, 0.2) is 6.61 Å². The van der Waals surface area contributed by atoms with Gasteiger partial charge in [-0.2, -0.15) is 0 Å². The fourth-order valence-corrected chi connectivity index (χ4v) is 2.35. The molecule has 144 valence electrons. The molecule has 27 heavy (non-hydrogen) atoms. The Hall–Kier alpha value is -3.29. The fraction of sp³-hybridized carbons (Fsp3) is 0.316. The van der Waals surface area contributed by atoms with Gasteiger partial charge in [-0.15, -0.1) is 0 Å². The van der Waals surface area contributed by atoms with Crippen molar-refractivity contribution in [1.29, 1.82) is 0 Å². The first-order chi connectivity index (χ1) is 12.8. The first kappa shape index (κ1) is 20.0. The Kier molecular flexibility index (Phi) is 6.59. The molecule has 0 saturated heterocycles. The van der Waals surface area contributed by atoms with E-state index in [9.17, 15) is 14.4 Å². The van der Waals surface area contributed by atoms with Crippen LogP contribution in [0.1, 0.15) is 21.7 Å². The van der Waals surface area contributed by atoms with Crippen LogP contribution in [0, 0.1) is 13.8 Å². The van der Waals surface area contributed by atoms with E-state index >= 15 is 0 Å². The van der Waals surface area contributed by atoms with Crippen LogP contribution < -0.4 is 15.5 Å². The van der Waals surface area contributed by atoms with Crippen LogP contribution in [0.5, 0.6) is 5.75 Å². The molecule has 1 aromatic carbocycles. The number of likely N-dealkylation sites (N-methyl/N-ethyl adjacent to an activating group) is 2. The average molecular weight is 372 g/mol. The summed E-state index contributed by atoms with van der Waals surface area (Å²) in [5.74, 6) is -0.361. The smallest absolute Gasteiger partial charge is 0.270 e. The molecule has 0 bridgehead atoms. The molecule has 8 nitrogen and oxygen atoms in total. The number of hydrogen-bond acceptors (Lipinski definition) is 4. The first-order valence-corrected chi connectivity index (χ1v) is 8.45. The minimum Gasteiger partial charge on any atom is -0.484 e. The Morgan fingerprint density at radius 3 is 2.19 bits per heavy atom. The number of rotatable bonds is 7. The van der Waals surface area contributed by atoms with Crippen molar-refractivity contribution in [3.63, 3.8) is 0 Å². The maximum Gasteiger partial charge on any atom is 0.270 e. The lowest BCUT2D eigenvalue weighted by Gasteiger charge is -2.16. The van der Waals surface area contributed by atoms with Gasteiger partial charge in [0.2, 0.25) is 5.91 Å². The van der Waals surface area contributed by atoms with E-state index in [4.69, 9.17) is 4.74 Å². The summed E-state index contributed by atoms with van der Waals surface area (Å²) in [7, 11) is 3.04. The molecule has 0 aliphatic heterocycles. The second kappa shape index (κ2) is 8.88. The summed E-state index contributed by atoms with van der Waals surface area (Å²) in [4.78, 5) is 36.8. The van der Waals surface area contributed by atoms with Gasteiger partial charge in [-0.05, 0) is 50.2 Å². The minimum absolute atomic E-state index is 0.0317. The number of aryl methyl sites for hydroxylation is 2. The van der Waals surface area contributed by atoms with Crippen molar-refractivity contribution in [2.45, 2.75) is 13.8 Å². The van der Waals surface area contributed by atoms with E-state index < -0.39 is 0 Å². The van der Waals surface area contributed by atoms with Gasteiger partial charge in [0.1, 0.15) is 5.75 Å². The zero-order valence-electron chi connectivity index (χ0n) is 15.9. The van der Waals surface area contributed by atoms with Gasteiger partial charge in [-0.25, -0.2) is 0 Å². The number of benzene rings is 1. The third kappa shape index (κ3) is 5.34. The molecule has 2 rings (SSSR count). The third-order valence-electron chi connectivity index (χ3n) is 4.05. The van der Waals surface area contributed by atoms with E-state index in [1.807, 2.05) is 26.0 Å². The van der Waals surface area contributed by atoms with E-state index in [2.05, 4.69) is 10.7 Å². The summed E-state index contributed by atoms with van der Waals surface area (Å²) >= 11 is 0. The lowest BCUT2D eigenvalue weighted by Crippen LogP contribution is -2.39. The van der Waals surface area contributed by atoms with E-state index in [0.29, 0.717) is 11.3 Å². The van der Waals surface area contributed by atoms with Crippen molar-refractivity contribution in [2.75, 3.05) is 32.7 Å². The van der Waals surface area contributed by atoms with Gasteiger partial charge in [-0.3, -0.25) is 24.5 Å². The third-order valence-corrected chi connectivity index (χ3v) is 4.05. The predicted octanol–water partition coefficient (Wildman–Crippen LogP) is 1.07. The zero-order chi connectivity index (χ0) is 20.0. The average Bonchev–Trinajstić information content (AvgIpc) is 2.98. The highest BCUT2D eigenvalue weighted by molar-refractivity contribution is 6.00. The number of carbonyl (C=O) groups is 3. The molecule has 0 aliphatic carbocycles. The van der Waals surface area contributed by atoms with E-state index in [1.165, 1.54) is 19.0 Å². The predicted molar refractivity (Wildman–Crippen MR) is 101 cm³/mol. The summed E-state index contributed by atoms with van der Waals surface area (Å²) in [6, 6.07) is 10.3. The summed E-state index contributed by atoms with van der Waals surface area (Å²) in [6.45, 7) is 3.58. The highest BCUT2D eigenvalue weighted by atomic mass is 16.5. The number of hydrogen-bond donors (Lipinski definition) is 2. The number of nitrogens with one attached hydrogen (secondary N) is 2. The molecule has 0 unspecified atom stereocenters. The molecule has 1 aromatic heterocycles. The van der Waals surface area contributed by atoms with Crippen molar-refractivity contribution in [2.24, 2.45) is 0 Å². The van der Waals surface area contributed by atoms with Gasteiger partial charge in [0.05, 0.1) is 6.54 Å². The Labute approximate surface area is 158 Å². The normalized spacial score (nSPS) is 10.2. The Morgan fingerprint density at radius 2 is 1.63 bits per heavy atom. The van der Waals surface area contributed by atoms with E-state index in [1.54, 1.807) is 28.9 Å². The molecule has 8 heteroatoms. The molecule has 0 saturated carbocycles. The number of ether oxygens (including phenoxy) is 1. The quantitative estimate of drug-likeness (QED) is 0.760. The Bertz CT molecular complexity index is 807. The Morgan fingerprint density at radius 1 is 1.04 bits per heavy atom. The second-order valence-electron chi connectivity index (χ2n) is 6.13. The largest absolute Gasteiger partial charge is 0.484 e. The molecule has 3 amide bonds. The van der Waals surface area contributed by atoms with Gasteiger partial charge >= 0.3 is 0 Å². The minimum atomic E-state index is -0.320. The highest BCUT2D eigenvalue weighted by Gasteiger charge is 2.13. The summed E-state index contributed by atoms with van der Waals surface area (Å²) < 4.78 is 7.14. The fourth-order valence-electron chi connectivity index (χ4n) is 2.35. The maximum absolute atomic E-state index is 12.3. The van der Waals surface area contributed by atoms with Crippen LogP contribution in [0.15, 0.2) is 36.4 Å². The van der Waals surface area contributed by atoms with Crippen LogP contribution in [-0.2, 0) is 9.59 Å². The van der Waals surface area contributed by atoms with E-state index in [0.717, 1.165) is 11.4 Å². The van der Waals surface area contributed by atoms with Crippen LogP contribution in [-0.4, -0.2) is 54.5 Å². The maximum atomic E-state index is 12.3. The van der Waals surface area contributed by atoms with Crippen LogP contribution in [0.4, 0.5) is 0 Å². The summed E-state index contributed by atoms with van der Waals surface area (Å²) in [5.41, 5.74) is 5.15. The first-order valence-electron chi connectivity index (χ1n) is 8.45. The zero-order valence-corrected chi connectivity index (χ0v) is 15.9. The highest BCUT2D eigenvalue weighted by Crippen LogP contribution is 2.13. The molecular formula is C19H24N4O4.